The number of anilines is 1. The first-order valence-electron chi connectivity index (χ1n) is 10.2. The van der Waals surface area contributed by atoms with Crippen LogP contribution in [0.5, 0.6) is 0 Å². The van der Waals surface area contributed by atoms with E-state index in [1.54, 1.807) is 11.3 Å². The number of non-ortho nitro benzene ring substituents is 1. The Morgan fingerprint density at radius 2 is 1.66 bits per heavy atom. The van der Waals surface area contributed by atoms with Crippen molar-refractivity contribution in [3.8, 4) is 0 Å². The Kier molecular flexibility index (Phi) is 6.27. The maximum absolute atomic E-state index is 12.9. The quantitative estimate of drug-likeness (QED) is 0.400. The lowest BCUT2D eigenvalue weighted by molar-refractivity contribution is -0.384. The zero-order chi connectivity index (χ0) is 22.9. The zero-order valence-electron chi connectivity index (χ0n) is 17.9. The Morgan fingerprint density at radius 3 is 2.25 bits per heavy atom. The van der Waals surface area contributed by atoms with Gasteiger partial charge in [0.25, 0.3) is 5.69 Å². The molecule has 10 heteroatoms. The van der Waals surface area contributed by atoms with E-state index in [0.29, 0.717) is 26.2 Å². The van der Waals surface area contributed by atoms with E-state index in [-0.39, 0.29) is 10.6 Å². The predicted molar refractivity (Wildman–Crippen MR) is 125 cm³/mol. The van der Waals surface area contributed by atoms with E-state index in [1.165, 1.54) is 45.3 Å². The minimum Gasteiger partial charge on any atom is -0.345 e. The Bertz CT molecular complexity index is 1210. The van der Waals surface area contributed by atoms with Gasteiger partial charge in [-0.2, -0.15) is 4.31 Å². The second-order valence-corrected chi connectivity index (χ2v) is 10.7. The SMILES string of the molecule is Cc1cc(C)cc(Cc2csc(N3CCN(S(=O)(=O)c4ccc([N+](=O)[O-])cc4)CC3)n2)c1. The molecule has 4 rings (SSSR count). The Balaban J connectivity index is 1.40. The number of nitrogens with zero attached hydrogens (tertiary/aromatic N) is 4. The maximum Gasteiger partial charge on any atom is 0.269 e. The van der Waals surface area contributed by atoms with Gasteiger partial charge in [-0.25, -0.2) is 13.4 Å². The van der Waals surface area contributed by atoms with E-state index in [9.17, 15) is 18.5 Å². The predicted octanol–water partition coefficient (Wildman–Crippen LogP) is 3.77. The van der Waals surface area contributed by atoms with Crippen LogP contribution in [0.25, 0.3) is 0 Å². The number of hydrogen-bond acceptors (Lipinski definition) is 7. The van der Waals surface area contributed by atoms with Gasteiger partial charge in [-0.15, -0.1) is 11.3 Å². The van der Waals surface area contributed by atoms with E-state index in [0.717, 1.165) is 17.2 Å². The van der Waals surface area contributed by atoms with Crippen molar-refractivity contribution >= 4 is 32.2 Å². The molecule has 0 radical (unpaired) electrons. The number of aromatic nitrogens is 1. The number of benzene rings is 2. The summed E-state index contributed by atoms with van der Waals surface area (Å²) in [4.78, 5) is 17.2. The number of aryl methyl sites for hydroxylation is 2. The molecule has 32 heavy (non-hydrogen) atoms. The van der Waals surface area contributed by atoms with E-state index in [1.807, 2.05) is 0 Å². The lowest BCUT2D eigenvalue weighted by Crippen LogP contribution is -2.48. The average molecular weight is 473 g/mol. The fraction of sp³-hybridized carbons (Fsp3) is 0.318. The summed E-state index contributed by atoms with van der Waals surface area (Å²) >= 11 is 1.58. The van der Waals surface area contributed by atoms with Crippen LogP contribution in [0, 0.1) is 24.0 Å². The zero-order valence-corrected chi connectivity index (χ0v) is 19.5. The third-order valence-electron chi connectivity index (χ3n) is 5.40. The number of thiazole rings is 1. The van der Waals surface area contributed by atoms with E-state index in [2.05, 4.69) is 42.3 Å². The molecule has 0 amide bonds. The monoisotopic (exact) mass is 472 g/mol. The molecule has 0 N–H and O–H groups in total. The fourth-order valence-electron chi connectivity index (χ4n) is 3.91. The molecule has 0 atom stereocenters. The van der Waals surface area contributed by atoms with Gasteiger partial charge in [-0.05, 0) is 31.5 Å². The van der Waals surface area contributed by atoms with Crippen molar-refractivity contribution in [3.63, 3.8) is 0 Å². The van der Waals surface area contributed by atoms with Gasteiger partial charge in [-0.1, -0.05) is 29.3 Å². The second-order valence-electron chi connectivity index (χ2n) is 7.94. The van der Waals surface area contributed by atoms with Crippen molar-refractivity contribution in [2.75, 3.05) is 31.1 Å². The Labute approximate surface area is 191 Å². The molecule has 1 fully saturated rings. The van der Waals surface area contributed by atoms with Crippen LogP contribution in [0.3, 0.4) is 0 Å². The lowest BCUT2D eigenvalue weighted by Gasteiger charge is -2.33. The third-order valence-corrected chi connectivity index (χ3v) is 8.26. The maximum atomic E-state index is 12.9. The highest BCUT2D eigenvalue weighted by Crippen LogP contribution is 2.26. The van der Waals surface area contributed by atoms with Crippen LogP contribution in [0.15, 0.2) is 52.7 Å². The van der Waals surface area contributed by atoms with Crippen molar-refractivity contribution in [2.24, 2.45) is 0 Å². The van der Waals surface area contributed by atoms with Crippen LogP contribution >= 0.6 is 11.3 Å². The molecule has 3 aromatic rings. The summed E-state index contributed by atoms with van der Waals surface area (Å²) < 4.78 is 27.2. The summed E-state index contributed by atoms with van der Waals surface area (Å²) in [5.74, 6) is 0. The van der Waals surface area contributed by atoms with Gasteiger partial charge in [0.15, 0.2) is 5.13 Å². The first-order valence-corrected chi connectivity index (χ1v) is 12.6. The van der Waals surface area contributed by atoms with Gasteiger partial charge >= 0.3 is 0 Å². The van der Waals surface area contributed by atoms with Gasteiger partial charge in [0.1, 0.15) is 0 Å². The van der Waals surface area contributed by atoms with Crippen LogP contribution in [-0.4, -0.2) is 48.8 Å². The van der Waals surface area contributed by atoms with Gasteiger partial charge in [0.2, 0.25) is 10.0 Å². The van der Waals surface area contributed by atoms with Crippen LogP contribution in [-0.2, 0) is 16.4 Å². The van der Waals surface area contributed by atoms with Crippen molar-refractivity contribution in [1.82, 2.24) is 9.29 Å². The minimum atomic E-state index is -3.69. The van der Waals surface area contributed by atoms with Crippen molar-refractivity contribution in [2.45, 2.75) is 25.2 Å². The number of hydrogen-bond donors (Lipinski definition) is 0. The van der Waals surface area contributed by atoms with Gasteiger partial charge in [-0.3, -0.25) is 10.1 Å². The fourth-order valence-corrected chi connectivity index (χ4v) is 6.21. The van der Waals surface area contributed by atoms with Gasteiger partial charge in [0, 0.05) is 50.1 Å². The molecule has 2 aromatic carbocycles. The second kappa shape index (κ2) is 8.97. The summed E-state index contributed by atoms with van der Waals surface area (Å²) in [7, 11) is -3.69. The summed E-state index contributed by atoms with van der Waals surface area (Å²) in [6.45, 7) is 5.95. The minimum absolute atomic E-state index is 0.0709. The standard InChI is InChI=1S/C22H24N4O4S2/c1-16-11-17(2)13-18(12-16)14-19-15-31-22(23-19)24-7-9-25(10-8-24)32(29,30)21-5-3-20(4-6-21)26(27)28/h3-6,11-13,15H,7-10,14H2,1-2H3. The molecule has 8 nitrogen and oxygen atoms in total. The molecule has 0 saturated carbocycles. The van der Waals surface area contributed by atoms with E-state index in [4.69, 9.17) is 4.98 Å². The molecule has 0 unspecified atom stereocenters. The third kappa shape index (κ3) is 4.82. The van der Waals surface area contributed by atoms with Crippen LogP contribution in [0.1, 0.15) is 22.4 Å². The molecule has 1 saturated heterocycles. The van der Waals surface area contributed by atoms with Crippen LogP contribution in [0.4, 0.5) is 10.8 Å². The number of sulfonamides is 1. The molecule has 168 valence electrons. The molecular weight excluding hydrogens is 448 g/mol. The smallest absolute Gasteiger partial charge is 0.269 e. The molecular formula is C22H24N4O4S2. The average Bonchev–Trinajstić information content (AvgIpc) is 3.21. The van der Waals surface area contributed by atoms with E-state index >= 15 is 0 Å². The normalized spacial score (nSPS) is 15.1. The Hall–Kier alpha value is -2.82. The number of piperazine rings is 1. The van der Waals surface area contributed by atoms with Gasteiger partial charge in [0.05, 0.1) is 15.5 Å². The summed E-state index contributed by atoms with van der Waals surface area (Å²) in [6.07, 6.45) is 0.771. The molecule has 0 aliphatic carbocycles. The van der Waals surface area contributed by atoms with Crippen molar-refractivity contribution in [1.29, 1.82) is 0 Å². The highest BCUT2D eigenvalue weighted by atomic mass is 32.2. The molecule has 0 bridgehead atoms. The van der Waals surface area contributed by atoms with Crippen molar-refractivity contribution < 1.29 is 13.3 Å². The summed E-state index contributed by atoms with van der Waals surface area (Å²) in [5.41, 5.74) is 4.59. The topological polar surface area (TPSA) is 96.7 Å². The first-order chi connectivity index (χ1) is 15.2. The lowest BCUT2D eigenvalue weighted by atomic mass is 10.0. The molecule has 1 aliphatic heterocycles. The summed E-state index contributed by atoms with van der Waals surface area (Å²) in [5, 5.41) is 13.8. The number of nitro benzene ring substituents is 1. The first kappa shape index (κ1) is 22.4. The highest BCUT2D eigenvalue weighted by molar-refractivity contribution is 7.89. The Morgan fingerprint density at radius 1 is 1.03 bits per heavy atom. The molecule has 1 aromatic heterocycles. The number of rotatable bonds is 6. The van der Waals surface area contributed by atoms with Crippen molar-refractivity contribution in [3.05, 3.63) is 80.3 Å². The summed E-state index contributed by atoms with van der Waals surface area (Å²) in [6, 6.07) is 11.5. The molecule has 2 heterocycles. The molecule has 1 aliphatic rings. The van der Waals surface area contributed by atoms with Crippen LogP contribution < -0.4 is 4.90 Å². The number of nitro groups is 1. The highest BCUT2D eigenvalue weighted by Gasteiger charge is 2.29. The van der Waals surface area contributed by atoms with Gasteiger partial charge < -0.3 is 4.90 Å². The van der Waals surface area contributed by atoms with Crippen LogP contribution in [0.2, 0.25) is 0 Å². The molecule has 0 spiro atoms. The van der Waals surface area contributed by atoms with E-state index < -0.39 is 14.9 Å². The largest absolute Gasteiger partial charge is 0.345 e.